The van der Waals surface area contributed by atoms with Gasteiger partial charge >= 0.3 is 0 Å². The third kappa shape index (κ3) is 3.04. The maximum atomic E-state index is 8.75. The Bertz CT molecular complexity index is 330. The lowest BCUT2D eigenvalue weighted by molar-refractivity contribution is 0.260. The molecule has 0 amide bonds. The van der Waals surface area contributed by atoms with Crippen LogP contribution in [0.25, 0.3) is 0 Å². The van der Waals surface area contributed by atoms with Gasteiger partial charge in [-0.1, -0.05) is 0 Å². The molecule has 0 saturated heterocycles. The zero-order chi connectivity index (χ0) is 10.4. The summed E-state index contributed by atoms with van der Waals surface area (Å²) in [4.78, 5) is 5.87. The molecule has 74 valence electrons. The van der Waals surface area contributed by atoms with Crippen LogP contribution >= 0.6 is 0 Å². The molecule has 0 aromatic carbocycles. The number of aromatic nitrogens is 1. The molecular formula is C10H13N3O. The molecule has 0 unspecified atom stereocenters. The number of pyridine rings is 1. The van der Waals surface area contributed by atoms with Crippen LogP contribution in [0.1, 0.15) is 5.56 Å². The number of ether oxygens (including phenoxy) is 1. The number of nitriles is 1. The van der Waals surface area contributed by atoms with E-state index in [2.05, 4.69) is 4.98 Å². The maximum absolute atomic E-state index is 8.75. The Morgan fingerprint density at radius 1 is 1.57 bits per heavy atom. The molecule has 4 nitrogen and oxygen atoms in total. The van der Waals surface area contributed by atoms with Crippen LogP contribution in [0.5, 0.6) is 5.75 Å². The monoisotopic (exact) mass is 191 g/mol. The predicted molar refractivity (Wildman–Crippen MR) is 53.0 cm³/mol. The van der Waals surface area contributed by atoms with Gasteiger partial charge in [0.2, 0.25) is 0 Å². The summed E-state index contributed by atoms with van der Waals surface area (Å²) in [6.07, 6.45) is 3.12. The van der Waals surface area contributed by atoms with Crippen LogP contribution in [0.15, 0.2) is 18.5 Å². The van der Waals surface area contributed by atoms with Crippen molar-refractivity contribution in [3.8, 4) is 11.8 Å². The molecule has 0 aliphatic heterocycles. The van der Waals surface area contributed by atoms with Crippen molar-refractivity contribution in [3.05, 3.63) is 24.0 Å². The standard InChI is InChI=1S/C10H13N3O/c1-13(2)5-6-14-10-3-4-12-8-9(10)7-11/h3-4,8H,5-6H2,1-2H3. The van der Waals surface area contributed by atoms with Gasteiger partial charge < -0.3 is 9.64 Å². The first-order chi connectivity index (χ1) is 6.74. The van der Waals surface area contributed by atoms with E-state index < -0.39 is 0 Å². The minimum atomic E-state index is 0.478. The van der Waals surface area contributed by atoms with E-state index in [1.165, 1.54) is 6.20 Å². The molecule has 0 saturated carbocycles. The molecule has 0 radical (unpaired) electrons. The summed E-state index contributed by atoms with van der Waals surface area (Å²) in [7, 11) is 3.95. The van der Waals surface area contributed by atoms with Crippen molar-refractivity contribution in [3.63, 3.8) is 0 Å². The Morgan fingerprint density at radius 2 is 2.36 bits per heavy atom. The molecule has 1 heterocycles. The first-order valence-corrected chi connectivity index (χ1v) is 4.35. The second-order valence-electron chi connectivity index (χ2n) is 3.14. The Labute approximate surface area is 83.7 Å². The van der Waals surface area contributed by atoms with Crippen LogP contribution < -0.4 is 4.74 Å². The Hall–Kier alpha value is -1.60. The number of likely N-dealkylation sites (N-methyl/N-ethyl adjacent to an activating group) is 1. The molecule has 0 atom stereocenters. The van der Waals surface area contributed by atoms with E-state index in [4.69, 9.17) is 10.00 Å². The molecule has 0 bridgehead atoms. The van der Waals surface area contributed by atoms with Crippen LogP contribution in [0, 0.1) is 11.3 Å². The summed E-state index contributed by atoms with van der Waals surface area (Å²) < 4.78 is 5.43. The Kier molecular flexibility index (Phi) is 3.89. The first-order valence-electron chi connectivity index (χ1n) is 4.35. The van der Waals surface area contributed by atoms with Gasteiger partial charge in [0.1, 0.15) is 24.0 Å². The molecule has 14 heavy (non-hydrogen) atoms. The van der Waals surface area contributed by atoms with E-state index in [9.17, 15) is 0 Å². The molecule has 4 heteroatoms. The second-order valence-corrected chi connectivity index (χ2v) is 3.14. The molecule has 1 aromatic rings. The van der Waals surface area contributed by atoms with Gasteiger partial charge in [0, 0.05) is 18.9 Å². The van der Waals surface area contributed by atoms with E-state index >= 15 is 0 Å². The molecule has 1 rings (SSSR count). The summed E-state index contributed by atoms with van der Waals surface area (Å²) in [6.45, 7) is 1.40. The minimum absolute atomic E-state index is 0.478. The first kappa shape index (κ1) is 10.5. The summed E-state index contributed by atoms with van der Waals surface area (Å²) in [5.74, 6) is 0.601. The van der Waals surface area contributed by atoms with Crippen molar-refractivity contribution in [2.24, 2.45) is 0 Å². The van der Waals surface area contributed by atoms with Crippen LogP contribution in [0.2, 0.25) is 0 Å². The molecular weight excluding hydrogens is 178 g/mol. The van der Waals surface area contributed by atoms with E-state index in [0.29, 0.717) is 17.9 Å². The Morgan fingerprint density at radius 3 is 3.00 bits per heavy atom. The third-order valence-electron chi connectivity index (χ3n) is 1.70. The molecule has 0 spiro atoms. The lowest BCUT2D eigenvalue weighted by atomic mass is 10.3. The summed E-state index contributed by atoms with van der Waals surface area (Å²) >= 11 is 0. The molecule has 0 fully saturated rings. The highest BCUT2D eigenvalue weighted by Gasteiger charge is 2.01. The zero-order valence-electron chi connectivity index (χ0n) is 8.40. The topological polar surface area (TPSA) is 49.1 Å². The highest BCUT2D eigenvalue weighted by molar-refractivity contribution is 5.39. The number of hydrogen-bond acceptors (Lipinski definition) is 4. The fourth-order valence-corrected chi connectivity index (χ4v) is 0.930. The predicted octanol–water partition coefficient (Wildman–Crippen LogP) is 0.894. The summed E-state index contributed by atoms with van der Waals surface area (Å²) in [5, 5.41) is 8.75. The highest BCUT2D eigenvalue weighted by atomic mass is 16.5. The fraction of sp³-hybridized carbons (Fsp3) is 0.400. The van der Waals surface area contributed by atoms with Crippen molar-refractivity contribution in [2.45, 2.75) is 0 Å². The number of hydrogen-bond donors (Lipinski definition) is 0. The smallest absolute Gasteiger partial charge is 0.140 e. The Balaban J connectivity index is 2.54. The van der Waals surface area contributed by atoms with Gasteiger partial charge in [-0.3, -0.25) is 4.98 Å². The van der Waals surface area contributed by atoms with Crippen molar-refractivity contribution < 1.29 is 4.74 Å². The van der Waals surface area contributed by atoms with Gasteiger partial charge in [-0.15, -0.1) is 0 Å². The van der Waals surface area contributed by atoms with Gasteiger partial charge in [0.05, 0.1) is 0 Å². The average molecular weight is 191 g/mol. The highest BCUT2D eigenvalue weighted by Crippen LogP contribution is 2.14. The van der Waals surface area contributed by atoms with Gasteiger partial charge in [-0.05, 0) is 20.2 Å². The lowest BCUT2D eigenvalue weighted by Gasteiger charge is -2.11. The maximum Gasteiger partial charge on any atom is 0.140 e. The van der Waals surface area contributed by atoms with Gasteiger partial charge in [-0.25, -0.2) is 0 Å². The van der Waals surface area contributed by atoms with E-state index in [-0.39, 0.29) is 0 Å². The number of rotatable bonds is 4. The van der Waals surface area contributed by atoms with Crippen LogP contribution in [-0.4, -0.2) is 37.1 Å². The molecule has 0 aliphatic carbocycles. The fourth-order valence-electron chi connectivity index (χ4n) is 0.930. The van der Waals surface area contributed by atoms with Crippen molar-refractivity contribution in [1.29, 1.82) is 5.26 Å². The summed E-state index contributed by atoms with van der Waals surface area (Å²) in [6, 6.07) is 3.74. The minimum Gasteiger partial charge on any atom is -0.491 e. The second kappa shape index (κ2) is 5.20. The molecule has 1 aromatic heterocycles. The van der Waals surface area contributed by atoms with Gasteiger partial charge in [0.15, 0.2) is 0 Å². The van der Waals surface area contributed by atoms with E-state index in [1.54, 1.807) is 12.3 Å². The van der Waals surface area contributed by atoms with Crippen LogP contribution in [0.3, 0.4) is 0 Å². The van der Waals surface area contributed by atoms with Crippen molar-refractivity contribution in [1.82, 2.24) is 9.88 Å². The SMILES string of the molecule is CN(C)CCOc1ccncc1C#N. The zero-order valence-corrected chi connectivity index (χ0v) is 8.40. The lowest BCUT2D eigenvalue weighted by Crippen LogP contribution is -2.19. The largest absolute Gasteiger partial charge is 0.491 e. The molecule has 0 N–H and O–H groups in total. The van der Waals surface area contributed by atoms with Crippen molar-refractivity contribution >= 4 is 0 Å². The van der Waals surface area contributed by atoms with Gasteiger partial charge in [0.25, 0.3) is 0 Å². The van der Waals surface area contributed by atoms with Crippen LogP contribution in [-0.2, 0) is 0 Å². The number of nitrogens with zero attached hydrogens (tertiary/aromatic N) is 3. The van der Waals surface area contributed by atoms with E-state index in [0.717, 1.165) is 6.54 Å². The van der Waals surface area contributed by atoms with Gasteiger partial charge in [-0.2, -0.15) is 5.26 Å². The normalized spacial score (nSPS) is 9.86. The van der Waals surface area contributed by atoms with Crippen LogP contribution in [0.4, 0.5) is 0 Å². The van der Waals surface area contributed by atoms with Crippen molar-refractivity contribution in [2.75, 3.05) is 27.2 Å². The quantitative estimate of drug-likeness (QED) is 0.709. The molecule has 0 aliphatic rings. The van der Waals surface area contributed by atoms with E-state index in [1.807, 2.05) is 25.1 Å². The third-order valence-corrected chi connectivity index (χ3v) is 1.70. The average Bonchev–Trinajstić information content (AvgIpc) is 2.18. The summed E-state index contributed by atoms with van der Waals surface area (Å²) in [5.41, 5.74) is 0.478.